The molecule has 0 aromatic heterocycles. The van der Waals surface area contributed by atoms with E-state index in [1.165, 1.54) is 16.7 Å². The van der Waals surface area contributed by atoms with Crippen molar-refractivity contribution in [1.29, 1.82) is 0 Å². The lowest BCUT2D eigenvalue weighted by Gasteiger charge is -2.18. The lowest BCUT2D eigenvalue weighted by atomic mass is 9.98. The fourth-order valence-corrected chi connectivity index (χ4v) is 2.51. The van der Waals surface area contributed by atoms with Crippen molar-refractivity contribution < 1.29 is 4.74 Å². The normalized spacial score (nSPS) is 12.4. The third-order valence-corrected chi connectivity index (χ3v) is 3.53. The SMILES string of the molecule is CNC(Cc1cccc(C)c1)c1ccc(OC(C)C)cc1. The highest BCUT2D eigenvalue weighted by molar-refractivity contribution is 5.31. The Morgan fingerprint density at radius 3 is 2.33 bits per heavy atom. The standard InChI is InChI=1S/C19H25NO/c1-14(2)21-18-10-8-17(9-11-18)19(20-4)13-16-7-5-6-15(3)12-16/h5-12,14,19-20H,13H2,1-4H3. The molecule has 0 amide bonds. The Morgan fingerprint density at radius 1 is 1.05 bits per heavy atom. The topological polar surface area (TPSA) is 21.3 Å². The minimum atomic E-state index is 0.211. The van der Waals surface area contributed by atoms with Crippen molar-refractivity contribution in [1.82, 2.24) is 5.32 Å². The third-order valence-electron chi connectivity index (χ3n) is 3.53. The molecule has 0 radical (unpaired) electrons. The molecule has 0 spiro atoms. The first-order valence-corrected chi connectivity index (χ1v) is 7.58. The van der Waals surface area contributed by atoms with Gasteiger partial charge in [-0.3, -0.25) is 0 Å². The van der Waals surface area contributed by atoms with Gasteiger partial charge in [-0.05, 0) is 57.5 Å². The highest BCUT2D eigenvalue weighted by Crippen LogP contribution is 2.22. The highest BCUT2D eigenvalue weighted by atomic mass is 16.5. The molecular formula is C19H25NO. The van der Waals surface area contributed by atoms with Gasteiger partial charge in [-0.2, -0.15) is 0 Å². The van der Waals surface area contributed by atoms with E-state index in [0.29, 0.717) is 6.04 Å². The maximum absolute atomic E-state index is 5.70. The maximum atomic E-state index is 5.70. The van der Waals surface area contributed by atoms with Crippen LogP contribution in [0.25, 0.3) is 0 Å². The van der Waals surface area contributed by atoms with Gasteiger partial charge in [0.1, 0.15) is 5.75 Å². The Balaban J connectivity index is 2.10. The predicted octanol–water partition coefficient (Wildman–Crippen LogP) is 4.29. The van der Waals surface area contributed by atoms with E-state index in [4.69, 9.17) is 4.74 Å². The monoisotopic (exact) mass is 283 g/mol. The zero-order chi connectivity index (χ0) is 15.2. The van der Waals surface area contributed by atoms with E-state index in [1.54, 1.807) is 0 Å². The van der Waals surface area contributed by atoms with E-state index in [9.17, 15) is 0 Å². The second-order valence-corrected chi connectivity index (χ2v) is 5.77. The van der Waals surface area contributed by atoms with Crippen LogP contribution >= 0.6 is 0 Å². The first kappa shape index (κ1) is 15.6. The van der Waals surface area contributed by atoms with Crippen molar-refractivity contribution in [2.45, 2.75) is 39.3 Å². The van der Waals surface area contributed by atoms with Crippen molar-refractivity contribution >= 4 is 0 Å². The molecule has 2 heteroatoms. The fourth-order valence-electron chi connectivity index (χ4n) is 2.51. The Hall–Kier alpha value is -1.80. The van der Waals surface area contributed by atoms with Crippen molar-refractivity contribution in [3.05, 3.63) is 65.2 Å². The van der Waals surface area contributed by atoms with Gasteiger partial charge < -0.3 is 10.1 Å². The van der Waals surface area contributed by atoms with Gasteiger partial charge in [0.05, 0.1) is 6.10 Å². The van der Waals surface area contributed by atoms with Crippen LogP contribution in [0.5, 0.6) is 5.75 Å². The number of nitrogens with one attached hydrogen (secondary N) is 1. The minimum Gasteiger partial charge on any atom is -0.491 e. The second kappa shape index (κ2) is 7.28. The van der Waals surface area contributed by atoms with Crippen LogP contribution in [0.2, 0.25) is 0 Å². The predicted molar refractivity (Wildman–Crippen MR) is 88.9 cm³/mol. The van der Waals surface area contributed by atoms with Gasteiger partial charge in [0.2, 0.25) is 0 Å². The summed E-state index contributed by atoms with van der Waals surface area (Å²) in [5.41, 5.74) is 3.95. The molecule has 2 aromatic carbocycles. The smallest absolute Gasteiger partial charge is 0.119 e. The molecule has 0 saturated heterocycles. The molecular weight excluding hydrogens is 258 g/mol. The summed E-state index contributed by atoms with van der Waals surface area (Å²) >= 11 is 0. The molecule has 1 unspecified atom stereocenters. The molecule has 2 nitrogen and oxygen atoms in total. The lowest BCUT2D eigenvalue weighted by Crippen LogP contribution is -2.18. The molecule has 0 aliphatic heterocycles. The zero-order valence-corrected chi connectivity index (χ0v) is 13.4. The number of likely N-dealkylation sites (N-methyl/N-ethyl adjacent to an activating group) is 1. The summed E-state index contributed by atoms with van der Waals surface area (Å²) in [6.07, 6.45) is 1.20. The van der Waals surface area contributed by atoms with Crippen LogP contribution in [0.1, 0.15) is 36.6 Å². The number of hydrogen-bond acceptors (Lipinski definition) is 2. The van der Waals surface area contributed by atoms with Crippen LogP contribution in [0.4, 0.5) is 0 Å². The molecule has 0 saturated carbocycles. The highest BCUT2D eigenvalue weighted by Gasteiger charge is 2.10. The van der Waals surface area contributed by atoms with E-state index >= 15 is 0 Å². The van der Waals surface area contributed by atoms with Crippen LogP contribution in [-0.4, -0.2) is 13.2 Å². The van der Waals surface area contributed by atoms with Crippen LogP contribution < -0.4 is 10.1 Å². The van der Waals surface area contributed by atoms with Gasteiger partial charge in [-0.15, -0.1) is 0 Å². The maximum Gasteiger partial charge on any atom is 0.119 e. The van der Waals surface area contributed by atoms with Crippen molar-refractivity contribution in [3.8, 4) is 5.75 Å². The molecule has 0 heterocycles. The summed E-state index contributed by atoms with van der Waals surface area (Å²) in [5.74, 6) is 0.930. The molecule has 0 bridgehead atoms. The number of hydrogen-bond donors (Lipinski definition) is 1. The van der Waals surface area contributed by atoms with Gasteiger partial charge in [-0.25, -0.2) is 0 Å². The molecule has 0 aliphatic rings. The molecule has 1 atom stereocenters. The average molecular weight is 283 g/mol. The van der Waals surface area contributed by atoms with Crippen molar-refractivity contribution in [3.63, 3.8) is 0 Å². The Morgan fingerprint density at radius 2 is 1.76 bits per heavy atom. The summed E-state index contributed by atoms with van der Waals surface area (Å²) in [5, 5.41) is 3.41. The summed E-state index contributed by atoms with van der Waals surface area (Å²) in [4.78, 5) is 0. The lowest BCUT2D eigenvalue weighted by molar-refractivity contribution is 0.242. The van der Waals surface area contributed by atoms with Gasteiger partial charge in [0, 0.05) is 6.04 Å². The Bertz CT molecular complexity index is 560. The molecule has 2 rings (SSSR count). The van der Waals surface area contributed by atoms with Crippen LogP contribution in [0.15, 0.2) is 48.5 Å². The average Bonchev–Trinajstić information content (AvgIpc) is 2.45. The Labute approximate surface area is 128 Å². The first-order chi connectivity index (χ1) is 10.1. The summed E-state index contributed by atoms with van der Waals surface area (Å²) in [6, 6.07) is 17.4. The zero-order valence-electron chi connectivity index (χ0n) is 13.4. The van der Waals surface area contributed by atoms with Gasteiger partial charge in [-0.1, -0.05) is 42.0 Å². The first-order valence-electron chi connectivity index (χ1n) is 7.58. The summed E-state index contributed by atoms with van der Waals surface area (Å²) < 4.78 is 5.70. The van der Waals surface area contributed by atoms with Gasteiger partial charge >= 0.3 is 0 Å². The second-order valence-electron chi connectivity index (χ2n) is 5.77. The van der Waals surface area contributed by atoms with E-state index in [0.717, 1.165) is 12.2 Å². The van der Waals surface area contributed by atoms with Crippen LogP contribution in [0.3, 0.4) is 0 Å². The molecule has 1 N–H and O–H groups in total. The van der Waals surface area contributed by atoms with Gasteiger partial charge in [0.25, 0.3) is 0 Å². The van der Waals surface area contributed by atoms with Gasteiger partial charge in [0.15, 0.2) is 0 Å². The molecule has 21 heavy (non-hydrogen) atoms. The number of benzene rings is 2. The van der Waals surface area contributed by atoms with E-state index < -0.39 is 0 Å². The number of ether oxygens (including phenoxy) is 1. The van der Waals surface area contributed by atoms with Crippen molar-refractivity contribution in [2.24, 2.45) is 0 Å². The van der Waals surface area contributed by atoms with E-state index in [-0.39, 0.29) is 6.10 Å². The number of rotatable bonds is 6. The summed E-state index contributed by atoms with van der Waals surface area (Å²) in [6.45, 7) is 6.22. The minimum absolute atomic E-state index is 0.211. The molecule has 112 valence electrons. The third kappa shape index (κ3) is 4.61. The fraction of sp³-hybridized carbons (Fsp3) is 0.368. The van der Waals surface area contributed by atoms with Crippen molar-refractivity contribution in [2.75, 3.05) is 7.05 Å². The quantitative estimate of drug-likeness (QED) is 0.854. The molecule has 0 fully saturated rings. The number of aryl methyl sites for hydroxylation is 1. The largest absolute Gasteiger partial charge is 0.491 e. The Kier molecular flexibility index (Phi) is 5.40. The van der Waals surface area contributed by atoms with E-state index in [2.05, 4.69) is 60.8 Å². The molecule has 0 aliphatic carbocycles. The van der Waals surface area contributed by atoms with E-state index in [1.807, 2.05) is 20.9 Å². The molecule has 2 aromatic rings. The summed E-state index contributed by atoms with van der Waals surface area (Å²) in [7, 11) is 2.01. The van der Waals surface area contributed by atoms with Crippen LogP contribution in [-0.2, 0) is 6.42 Å². The van der Waals surface area contributed by atoms with Crippen LogP contribution in [0, 0.1) is 6.92 Å².